The number of aliphatic carboxylic acids is 1. The van der Waals surface area contributed by atoms with E-state index >= 15 is 0 Å². The number of nitrogens with two attached hydrogens (primary N) is 1. The third-order valence-electron chi connectivity index (χ3n) is 8.95. The van der Waals surface area contributed by atoms with Crippen LogP contribution in [0.2, 0.25) is 0 Å². The van der Waals surface area contributed by atoms with Crippen LogP contribution in [0.3, 0.4) is 0 Å². The lowest BCUT2D eigenvalue weighted by Crippen LogP contribution is -2.47. The van der Waals surface area contributed by atoms with Crippen molar-refractivity contribution in [3.8, 4) is 0 Å². The highest BCUT2D eigenvalue weighted by molar-refractivity contribution is 5.97. The van der Waals surface area contributed by atoms with Gasteiger partial charge in [0, 0.05) is 75.5 Å². The maximum absolute atomic E-state index is 13.0. The summed E-state index contributed by atoms with van der Waals surface area (Å²) in [6, 6.07) is 10.0. The van der Waals surface area contributed by atoms with E-state index < -0.39 is 53.6 Å². The number of hydrogen-bond donors (Lipinski definition) is 9. The number of nitrogens with one attached hydrogen (secondary N) is 7. The first kappa shape index (κ1) is 49.2. The number of aromatic nitrogens is 2. The van der Waals surface area contributed by atoms with E-state index in [4.69, 9.17) is 19.9 Å². The van der Waals surface area contributed by atoms with E-state index in [-0.39, 0.29) is 78.2 Å². The van der Waals surface area contributed by atoms with Gasteiger partial charge in [0.2, 0.25) is 29.5 Å². The molecule has 21 nitrogen and oxygen atoms in total. The summed E-state index contributed by atoms with van der Waals surface area (Å²) in [7, 11) is 3.39. The molecule has 2 aromatic heterocycles. The zero-order valence-corrected chi connectivity index (χ0v) is 34.6. The Balaban J connectivity index is 1.31. The highest BCUT2D eigenvalue weighted by Crippen LogP contribution is 2.18. The minimum Gasteiger partial charge on any atom is -0.481 e. The number of methoxy groups -OCH3 is 1. The molecule has 0 aliphatic heterocycles. The van der Waals surface area contributed by atoms with E-state index in [1.54, 1.807) is 37.6 Å². The van der Waals surface area contributed by atoms with Gasteiger partial charge in [0.1, 0.15) is 17.7 Å². The van der Waals surface area contributed by atoms with Crippen LogP contribution in [0.5, 0.6) is 0 Å². The number of primary amides is 1. The molecule has 3 aromatic rings. The largest absolute Gasteiger partial charge is 0.481 e. The van der Waals surface area contributed by atoms with Crippen molar-refractivity contribution in [2.24, 2.45) is 5.73 Å². The number of carbonyl (C=O) groups is 7. The van der Waals surface area contributed by atoms with E-state index in [1.807, 2.05) is 29.8 Å². The van der Waals surface area contributed by atoms with Gasteiger partial charge in [-0.2, -0.15) is 0 Å². The number of pyridine rings is 1. The van der Waals surface area contributed by atoms with Gasteiger partial charge in [-0.05, 0) is 62.2 Å². The quantitative estimate of drug-likeness (QED) is 0.0396. The van der Waals surface area contributed by atoms with Crippen LogP contribution in [-0.4, -0.2) is 128 Å². The molecular formula is C40H58N10O11. The molecule has 2 atom stereocenters. The fourth-order valence-electron chi connectivity index (χ4n) is 5.97. The average molecular weight is 855 g/mol. The smallest absolute Gasteiger partial charge is 0.312 e. The second-order valence-electron chi connectivity index (χ2n) is 13.8. The normalized spacial score (nSPS) is 11.9. The molecule has 0 saturated carbocycles. The van der Waals surface area contributed by atoms with Crippen molar-refractivity contribution >= 4 is 58.3 Å². The van der Waals surface area contributed by atoms with Gasteiger partial charge in [0.05, 0.1) is 39.6 Å². The number of rotatable bonds is 30. The Kier molecular flexibility index (Phi) is 22.2. The number of urea groups is 1. The molecule has 0 spiro atoms. The Morgan fingerprint density at radius 1 is 0.803 bits per heavy atom. The van der Waals surface area contributed by atoms with Crippen molar-refractivity contribution in [3.63, 3.8) is 0 Å². The first-order chi connectivity index (χ1) is 29.4. The van der Waals surface area contributed by atoms with Gasteiger partial charge in [0.15, 0.2) is 0 Å². The maximum Gasteiger partial charge on any atom is 0.312 e. The molecule has 1 aromatic carbocycles. The highest BCUT2D eigenvalue weighted by Gasteiger charge is 2.23. The van der Waals surface area contributed by atoms with Gasteiger partial charge in [0.25, 0.3) is 0 Å². The molecule has 0 saturated heterocycles. The first-order valence-electron chi connectivity index (χ1n) is 19.9. The summed E-state index contributed by atoms with van der Waals surface area (Å²) in [5.74, 6) is -3.59. The predicted octanol–water partition coefficient (Wildman–Crippen LogP) is -0.130. The first-order valence-corrected chi connectivity index (χ1v) is 19.9. The van der Waals surface area contributed by atoms with Crippen molar-refractivity contribution in [1.82, 2.24) is 41.5 Å². The minimum absolute atomic E-state index is 0.0352. The van der Waals surface area contributed by atoms with Crippen molar-refractivity contribution < 1.29 is 52.9 Å². The Morgan fingerprint density at radius 3 is 2.23 bits per heavy atom. The molecule has 0 unspecified atom stereocenters. The number of amides is 7. The van der Waals surface area contributed by atoms with Crippen LogP contribution >= 0.6 is 0 Å². The summed E-state index contributed by atoms with van der Waals surface area (Å²) in [4.78, 5) is 90.5. The number of ether oxygens (including phenoxy) is 3. The van der Waals surface area contributed by atoms with Gasteiger partial charge in [-0.25, -0.2) is 9.78 Å². The van der Waals surface area contributed by atoms with Crippen molar-refractivity contribution in [2.45, 2.75) is 70.3 Å². The molecule has 0 radical (unpaired) electrons. The molecule has 21 heteroatoms. The Labute approximate surface area is 353 Å². The lowest BCUT2D eigenvalue weighted by molar-refractivity contribution is -0.138. The van der Waals surface area contributed by atoms with Crippen LogP contribution in [0.15, 0.2) is 48.7 Å². The molecule has 10 N–H and O–H groups in total. The number of anilines is 1. The topological polar surface area (TPSA) is 295 Å². The molecule has 0 fully saturated rings. The predicted molar refractivity (Wildman–Crippen MR) is 223 cm³/mol. The number of benzene rings is 1. The Bertz CT molecular complexity index is 1890. The fourth-order valence-corrected chi connectivity index (χ4v) is 5.97. The molecule has 61 heavy (non-hydrogen) atoms. The standard InChI is InChI=1S/C40H58N10O11/c1-42-24-30-23-28-5-3-15-43-37(28)50(30)18-13-34(52)48-32(11-12-36(54)55)38(56)44-17-20-61-22-21-60-19-14-33(51)46-25-35(53)49-31(6-4-16-45-40(41)58)39(57)47-29-9-7-27(8-10-29)26-59-2/h3,5,7-10,15,23,31-32,42H,4,6,11-14,16-22,24-26H2,1-2H3,(H,44,56)(H,46,51)(H,47,57)(H,48,52)(H,49,53)(H,54,55)(H3,41,45,58)/t31-,32-/m0/s1. The van der Waals surface area contributed by atoms with E-state index in [2.05, 4.69) is 42.2 Å². The SMILES string of the molecule is CNCc1cc2cccnc2n1CCC(=O)N[C@@H](CCC(=O)O)C(=O)NCCOCCOCCC(=O)NCC(=O)N[C@@H](CCCNC(N)=O)C(=O)Nc1ccc(COC)cc1. The summed E-state index contributed by atoms with van der Waals surface area (Å²) in [6.07, 6.45) is 1.78. The summed E-state index contributed by atoms with van der Waals surface area (Å²) in [5.41, 5.74) is 8.20. The summed E-state index contributed by atoms with van der Waals surface area (Å²) >= 11 is 0. The zero-order valence-electron chi connectivity index (χ0n) is 34.6. The Morgan fingerprint density at radius 2 is 1.52 bits per heavy atom. The van der Waals surface area contributed by atoms with Gasteiger partial charge in [-0.3, -0.25) is 28.8 Å². The molecule has 0 bridgehead atoms. The van der Waals surface area contributed by atoms with Crippen LogP contribution in [0.4, 0.5) is 10.5 Å². The highest BCUT2D eigenvalue weighted by atomic mass is 16.5. The molecule has 334 valence electrons. The maximum atomic E-state index is 13.0. The van der Waals surface area contributed by atoms with E-state index in [0.29, 0.717) is 31.8 Å². The number of carbonyl (C=O) groups excluding carboxylic acids is 6. The monoisotopic (exact) mass is 854 g/mol. The Hall–Kier alpha value is -6.16. The van der Waals surface area contributed by atoms with Gasteiger partial charge in [-0.1, -0.05) is 12.1 Å². The van der Waals surface area contributed by atoms with Crippen LogP contribution in [0, 0.1) is 0 Å². The number of carboxylic acids is 1. The third kappa shape index (κ3) is 19.2. The van der Waals surface area contributed by atoms with Crippen LogP contribution in [0.25, 0.3) is 11.0 Å². The lowest BCUT2D eigenvalue weighted by atomic mass is 10.1. The molecule has 0 aliphatic carbocycles. The summed E-state index contributed by atoms with van der Waals surface area (Å²) in [6.45, 7) is 1.61. The van der Waals surface area contributed by atoms with E-state index in [0.717, 1.165) is 22.3 Å². The number of hydrogen-bond acceptors (Lipinski definition) is 12. The minimum atomic E-state index is -1.10. The van der Waals surface area contributed by atoms with Crippen LogP contribution < -0.4 is 43.0 Å². The van der Waals surface area contributed by atoms with E-state index in [1.165, 1.54) is 0 Å². The summed E-state index contributed by atoms with van der Waals surface area (Å²) < 4.78 is 17.9. The van der Waals surface area contributed by atoms with Gasteiger partial charge in [-0.15, -0.1) is 0 Å². The van der Waals surface area contributed by atoms with Crippen LogP contribution in [0.1, 0.15) is 49.8 Å². The zero-order chi connectivity index (χ0) is 44.4. The number of aryl methyl sites for hydroxylation is 1. The van der Waals surface area contributed by atoms with E-state index in [9.17, 15) is 38.7 Å². The second-order valence-corrected chi connectivity index (χ2v) is 13.8. The number of fused-ring (bicyclic) bond motifs is 1. The molecule has 0 aliphatic rings. The van der Waals surface area contributed by atoms with Gasteiger partial charge < -0.3 is 66.8 Å². The molecule has 3 rings (SSSR count). The molecular weight excluding hydrogens is 796 g/mol. The molecule has 2 heterocycles. The van der Waals surface area contributed by atoms with Crippen molar-refractivity contribution in [3.05, 3.63) is 59.9 Å². The lowest BCUT2D eigenvalue weighted by Gasteiger charge is -2.19. The number of carboxylic acid groups (broad SMARTS) is 1. The second kappa shape index (κ2) is 27.6. The fraction of sp³-hybridized carbons (Fsp3) is 0.500. The molecule has 7 amide bonds. The average Bonchev–Trinajstić information content (AvgIpc) is 3.58. The van der Waals surface area contributed by atoms with Gasteiger partial charge >= 0.3 is 12.0 Å². The number of nitrogens with zero attached hydrogens (tertiary/aromatic N) is 2. The third-order valence-corrected chi connectivity index (χ3v) is 8.95. The van der Waals surface area contributed by atoms with Crippen molar-refractivity contribution in [2.75, 3.05) is 65.5 Å². The van der Waals surface area contributed by atoms with Crippen molar-refractivity contribution in [1.29, 1.82) is 0 Å². The van der Waals surface area contributed by atoms with Crippen LogP contribution in [-0.2, 0) is 62.7 Å². The summed E-state index contributed by atoms with van der Waals surface area (Å²) in [5, 5.41) is 28.8.